The Morgan fingerprint density at radius 3 is 2.73 bits per heavy atom. The fourth-order valence-corrected chi connectivity index (χ4v) is 2.08. The molecule has 0 aliphatic carbocycles. The monoisotopic (exact) mass is 213 g/mol. The van der Waals surface area contributed by atoms with Crippen LogP contribution in [0.25, 0.3) is 0 Å². The Bertz CT molecular complexity index is 294. The number of amides is 1. The average molecular weight is 213 g/mol. The van der Waals surface area contributed by atoms with Crippen molar-refractivity contribution in [2.24, 2.45) is 0 Å². The molecular weight excluding hydrogens is 198 g/mol. The highest BCUT2D eigenvalue weighted by Crippen LogP contribution is 2.23. The molecule has 84 valence electrons. The second-order valence-corrected chi connectivity index (χ2v) is 3.94. The molecule has 1 amide bonds. The first-order chi connectivity index (χ1) is 7.13. The van der Waals surface area contributed by atoms with Gasteiger partial charge in [-0.05, 0) is 6.42 Å². The lowest BCUT2D eigenvalue weighted by Gasteiger charge is -2.41. The predicted molar refractivity (Wildman–Crippen MR) is 51.7 cm³/mol. The van der Waals surface area contributed by atoms with Gasteiger partial charge in [-0.3, -0.25) is 19.9 Å². The lowest BCUT2D eigenvalue weighted by atomic mass is 9.99. The van der Waals surface area contributed by atoms with Gasteiger partial charge in [0.2, 0.25) is 0 Å². The van der Waals surface area contributed by atoms with E-state index in [0.717, 1.165) is 13.0 Å². The molecule has 1 N–H and O–H groups in total. The molecule has 2 rings (SSSR count). The molecule has 2 fully saturated rings. The number of hydrogen-bond acceptors (Lipinski definition) is 5. The zero-order valence-electron chi connectivity index (χ0n) is 8.90. The molecule has 15 heavy (non-hydrogen) atoms. The minimum atomic E-state index is -0.247. The van der Waals surface area contributed by atoms with Crippen molar-refractivity contribution < 1.29 is 14.3 Å². The Morgan fingerprint density at radius 1 is 1.60 bits per heavy atom. The molecule has 2 heterocycles. The minimum Gasteiger partial charge on any atom is -0.468 e. The summed E-state index contributed by atoms with van der Waals surface area (Å²) in [6, 6.07) is -0.454. The van der Waals surface area contributed by atoms with Crippen LogP contribution in [0, 0.1) is 0 Å². The van der Waals surface area contributed by atoms with Crippen LogP contribution in [0.1, 0.15) is 6.42 Å². The van der Waals surface area contributed by atoms with Crippen LogP contribution in [0.5, 0.6) is 0 Å². The summed E-state index contributed by atoms with van der Waals surface area (Å²) in [5, 5.41) is 1.74. The van der Waals surface area contributed by atoms with Gasteiger partial charge in [0.1, 0.15) is 12.1 Å². The lowest BCUT2D eigenvalue weighted by molar-refractivity contribution is -0.154. The van der Waals surface area contributed by atoms with Gasteiger partial charge in [0.05, 0.1) is 7.11 Å². The van der Waals surface area contributed by atoms with Crippen LogP contribution >= 0.6 is 0 Å². The smallest absolute Gasteiger partial charge is 0.323 e. The number of methoxy groups -OCH3 is 1. The number of hydrogen-bond donors (Lipinski definition) is 1. The van der Waals surface area contributed by atoms with E-state index in [-0.39, 0.29) is 24.0 Å². The Morgan fingerprint density at radius 2 is 2.33 bits per heavy atom. The molecule has 2 unspecified atom stereocenters. The number of esters is 1. The number of likely N-dealkylation sites (N-methyl/N-ethyl adjacent to an activating group) is 1. The van der Waals surface area contributed by atoms with E-state index in [1.807, 2.05) is 11.9 Å². The van der Waals surface area contributed by atoms with E-state index in [4.69, 9.17) is 0 Å². The van der Waals surface area contributed by atoms with Crippen molar-refractivity contribution in [3.8, 4) is 0 Å². The summed E-state index contributed by atoms with van der Waals surface area (Å²) in [4.78, 5) is 24.8. The van der Waals surface area contributed by atoms with Gasteiger partial charge in [-0.1, -0.05) is 0 Å². The van der Waals surface area contributed by atoms with Gasteiger partial charge in [0, 0.05) is 20.1 Å². The van der Waals surface area contributed by atoms with E-state index >= 15 is 0 Å². The van der Waals surface area contributed by atoms with Gasteiger partial charge in [-0.15, -0.1) is 0 Å². The Kier molecular flexibility index (Phi) is 2.62. The van der Waals surface area contributed by atoms with Crippen LogP contribution in [-0.4, -0.2) is 61.1 Å². The van der Waals surface area contributed by atoms with E-state index in [1.165, 1.54) is 7.11 Å². The topological polar surface area (TPSA) is 61.9 Å². The highest BCUT2D eigenvalue weighted by molar-refractivity contribution is 5.85. The van der Waals surface area contributed by atoms with Crippen molar-refractivity contribution in [1.82, 2.24) is 15.3 Å². The van der Waals surface area contributed by atoms with Crippen LogP contribution in [-0.2, 0) is 14.3 Å². The highest BCUT2D eigenvalue weighted by atomic mass is 16.5. The Balaban J connectivity index is 2.00. The molecular formula is C9H15N3O3. The summed E-state index contributed by atoms with van der Waals surface area (Å²) in [7, 11) is 3.19. The molecule has 0 aromatic carbocycles. The van der Waals surface area contributed by atoms with Crippen molar-refractivity contribution in [1.29, 1.82) is 0 Å². The van der Waals surface area contributed by atoms with Gasteiger partial charge >= 0.3 is 5.97 Å². The summed E-state index contributed by atoms with van der Waals surface area (Å²) in [5.41, 5.74) is 2.69. The third-order valence-electron chi connectivity index (χ3n) is 2.99. The molecule has 0 saturated carbocycles. The SMILES string of the molecule is COC(=O)C1CCN1C1CN(C)NC1=O. The number of carbonyl (C=O) groups excluding carboxylic acids is 2. The fourth-order valence-electron chi connectivity index (χ4n) is 2.08. The zero-order valence-corrected chi connectivity index (χ0v) is 8.90. The van der Waals surface area contributed by atoms with Crippen molar-refractivity contribution in [3.05, 3.63) is 0 Å². The van der Waals surface area contributed by atoms with Crippen molar-refractivity contribution in [2.75, 3.05) is 27.2 Å². The van der Waals surface area contributed by atoms with Gasteiger partial charge in [-0.25, -0.2) is 5.01 Å². The molecule has 0 radical (unpaired) electrons. The first-order valence-electron chi connectivity index (χ1n) is 4.98. The summed E-state index contributed by atoms with van der Waals surface area (Å²) in [5.74, 6) is -0.283. The van der Waals surface area contributed by atoms with Crippen LogP contribution in [0.4, 0.5) is 0 Å². The van der Waals surface area contributed by atoms with E-state index in [9.17, 15) is 9.59 Å². The maximum absolute atomic E-state index is 11.5. The van der Waals surface area contributed by atoms with Gasteiger partial charge < -0.3 is 4.74 Å². The predicted octanol–water partition coefficient (Wildman–Crippen LogP) is -1.42. The van der Waals surface area contributed by atoms with Gasteiger partial charge in [0.15, 0.2) is 0 Å². The minimum absolute atomic E-state index is 0.0360. The molecule has 0 spiro atoms. The van der Waals surface area contributed by atoms with Crippen molar-refractivity contribution in [3.63, 3.8) is 0 Å². The summed E-state index contributed by atoms with van der Waals surface area (Å²) in [6.07, 6.45) is 0.778. The number of rotatable bonds is 2. The standard InChI is InChI=1S/C9H15N3O3/c1-11-5-7(8(13)10-11)12-4-3-6(12)9(14)15-2/h6-7H,3-5H2,1-2H3,(H,10,13). The lowest BCUT2D eigenvalue weighted by Crippen LogP contribution is -2.59. The number of ether oxygens (including phenoxy) is 1. The molecule has 6 heteroatoms. The maximum atomic E-state index is 11.5. The van der Waals surface area contributed by atoms with Crippen LogP contribution in [0.2, 0.25) is 0 Å². The van der Waals surface area contributed by atoms with Gasteiger partial charge in [-0.2, -0.15) is 0 Å². The van der Waals surface area contributed by atoms with Crippen molar-refractivity contribution in [2.45, 2.75) is 18.5 Å². The number of carbonyl (C=O) groups is 2. The molecule has 2 aliphatic heterocycles. The van der Waals surface area contributed by atoms with Crippen molar-refractivity contribution >= 4 is 11.9 Å². The zero-order chi connectivity index (χ0) is 11.0. The van der Waals surface area contributed by atoms with E-state index in [1.54, 1.807) is 5.01 Å². The Hall–Kier alpha value is -1.14. The normalized spacial score (nSPS) is 32.3. The van der Waals surface area contributed by atoms with Crippen LogP contribution < -0.4 is 5.43 Å². The Labute approximate surface area is 88.1 Å². The summed E-state index contributed by atoms with van der Waals surface area (Å²) >= 11 is 0. The second kappa shape index (κ2) is 3.79. The summed E-state index contributed by atoms with van der Waals surface area (Å²) < 4.78 is 4.68. The fraction of sp³-hybridized carbons (Fsp3) is 0.778. The molecule has 2 atom stereocenters. The average Bonchev–Trinajstić information content (AvgIpc) is 2.44. The highest BCUT2D eigenvalue weighted by Gasteiger charge is 2.44. The number of hydrazine groups is 1. The molecule has 0 bridgehead atoms. The third kappa shape index (κ3) is 1.70. The molecule has 2 aliphatic rings. The van der Waals surface area contributed by atoms with Gasteiger partial charge in [0.25, 0.3) is 5.91 Å². The molecule has 0 aromatic rings. The summed E-state index contributed by atoms with van der Waals surface area (Å²) in [6.45, 7) is 1.40. The largest absolute Gasteiger partial charge is 0.468 e. The number of nitrogens with zero attached hydrogens (tertiary/aromatic N) is 2. The molecule has 6 nitrogen and oxygen atoms in total. The third-order valence-corrected chi connectivity index (χ3v) is 2.99. The van der Waals surface area contributed by atoms with Crippen LogP contribution in [0.15, 0.2) is 0 Å². The van der Waals surface area contributed by atoms with E-state index < -0.39 is 0 Å². The number of nitrogens with one attached hydrogen (secondary N) is 1. The molecule has 0 aromatic heterocycles. The second-order valence-electron chi connectivity index (χ2n) is 3.94. The van der Waals surface area contributed by atoms with E-state index in [0.29, 0.717) is 6.54 Å². The molecule has 2 saturated heterocycles. The first kappa shape index (κ1) is 10.4. The van der Waals surface area contributed by atoms with Crippen LogP contribution in [0.3, 0.4) is 0 Å². The number of likely N-dealkylation sites (tertiary alicyclic amines) is 1. The van der Waals surface area contributed by atoms with E-state index in [2.05, 4.69) is 10.2 Å². The first-order valence-corrected chi connectivity index (χ1v) is 4.98. The maximum Gasteiger partial charge on any atom is 0.323 e. The quantitative estimate of drug-likeness (QED) is 0.570.